The molecule has 1 aromatic carbocycles. The number of carbonyl (C=O) groups is 1. The van der Waals surface area contributed by atoms with Crippen molar-refractivity contribution in [1.82, 2.24) is 25.1 Å². The number of hydrogen-bond acceptors (Lipinski definition) is 7. The van der Waals surface area contributed by atoms with Crippen LogP contribution in [0.15, 0.2) is 59.3 Å². The fourth-order valence-corrected chi connectivity index (χ4v) is 3.51. The Morgan fingerprint density at radius 3 is 2.51 bits per heavy atom. The molecule has 4 aromatic rings. The zero-order valence-corrected chi connectivity index (χ0v) is 19.9. The van der Waals surface area contributed by atoms with Crippen LogP contribution in [-0.4, -0.2) is 37.3 Å². The van der Waals surface area contributed by atoms with Gasteiger partial charge in [-0.15, -0.1) is 0 Å². The van der Waals surface area contributed by atoms with Gasteiger partial charge in [0.15, 0.2) is 0 Å². The number of aryl methyl sites for hydroxylation is 1. The van der Waals surface area contributed by atoms with Crippen LogP contribution in [-0.2, 0) is 18.2 Å². The van der Waals surface area contributed by atoms with Crippen molar-refractivity contribution in [3.63, 3.8) is 0 Å². The van der Waals surface area contributed by atoms with Crippen LogP contribution in [0, 0.1) is 5.82 Å². The summed E-state index contributed by atoms with van der Waals surface area (Å²) >= 11 is 0. The lowest BCUT2D eigenvalue weighted by atomic mass is 9.90. The molecule has 1 atom stereocenters. The zero-order valence-electron chi connectivity index (χ0n) is 19.9. The molecule has 0 saturated carbocycles. The molecule has 3 aromatic heterocycles. The van der Waals surface area contributed by atoms with Crippen LogP contribution in [0.4, 0.5) is 4.39 Å². The van der Waals surface area contributed by atoms with Crippen molar-refractivity contribution in [3.8, 4) is 22.8 Å². The summed E-state index contributed by atoms with van der Waals surface area (Å²) in [4.78, 5) is 21.5. The monoisotopic (exact) mass is 478 g/mol. The Balaban J connectivity index is 1.60. The number of pyridine rings is 1. The Hall–Kier alpha value is -3.89. The van der Waals surface area contributed by atoms with Gasteiger partial charge in [-0.05, 0) is 62.7 Å². The van der Waals surface area contributed by atoms with Crippen molar-refractivity contribution in [2.24, 2.45) is 12.8 Å². The maximum Gasteiger partial charge on any atom is 0.269 e. The first-order valence-corrected chi connectivity index (χ1v) is 11.0. The second-order valence-corrected chi connectivity index (χ2v) is 9.19. The van der Waals surface area contributed by atoms with Crippen LogP contribution in [0.5, 0.6) is 0 Å². The number of amides is 1. The number of aromatic nitrogens is 4. The molecule has 4 rings (SSSR count). The number of oxazole rings is 1. The Morgan fingerprint density at radius 2 is 1.89 bits per heavy atom. The molecule has 1 amide bonds. The van der Waals surface area contributed by atoms with E-state index in [9.17, 15) is 14.3 Å². The lowest BCUT2D eigenvalue weighted by Crippen LogP contribution is -2.40. The number of hydrogen-bond donors (Lipinski definition) is 3. The number of rotatable bonds is 7. The van der Waals surface area contributed by atoms with Crippen molar-refractivity contribution in [2.45, 2.75) is 31.9 Å². The van der Waals surface area contributed by atoms with E-state index >= 15 is 0 Å². The normalized spacial score (nSPS) is 13.5. The van der Waals surface area contributed by atoms with E-state index in [1.165, 1.54) is 29.3 Å². The van der Waals surface area contributed by atoms with Gasteiger partial charge in [0.1, 0.15) is 29.1 Å². The van der Waals surface area contributed by atoms with Gasteiger partial charge < -0.3 is 20.6 Å². The third kappa shape index (κ3) is 5.28. The molecule has 0 saturated heterocycles. The van der Waals surface area contributed by atoms with Crippen molar-refractivity contribution in [3.05, 3.63) is 77.7 Å². The van der Waals surface area contributed by atoms with E-state index in [2.05, 4.69) is 20.4 Å². The average Bonchev–Trinajstić information content (AvgIpc) is 3.47. The lowest BCUT2D eigenvalue weighted by Gasteiger charge is -2.27. The maximum absolute atomic E-state index is 13.4. The van der Waals surface area contributed by atoms with E-state index in [0.717, 1.165) is 5.56 Å². The van der Waals surface area contributed by atoms with Crippen molar-refractivity contribution >= 4 is 5.91 Å². The number of nitrogens with two attached hydrogens (primary N) is 1. The fraction of sp³-hybridized carbons (Fsp3) is 0.280. The standard InChI is InChI=1S/C25H27FN6O3/c1-24(2,27)16-11-18(15-5-7-17(26)8-6-15)30-21(12-16)25(3,34)14-29-22(33)20-13-19(31-32(20)4)23-28-9-10-35-23/h5-13,34H,14,27H2,1-4H3,(H,29,33). The predicted octanol–water partition coefficient (Wildman–Crippen LogP) is 3.11. The van der Waals surface area contributed by atoms with Crippen molar-refractivity contribution in [1.29, 1.82) is 0 Å². The third-order valence-electron chi connectivity index (χ3n) is 5.62. The summed E-state index contributed by atoms with van der Waals surface area (Å²) < 4.78 is 20.1. The van der Waals surface area contributed by atoms with Crippen molar-refractivity contribution < 1.29 is 18.7 Å². The minimum atomic E-state index is -1.53. The molecule has 0 radical (unpaired) electrons. The van der Waals surface area contributed by atoms with E-state index < -0.39 is 17.0 Å². The van der Waals surface area contributed by atoms with E-state index in [0.29, 0.717) is 28.5 Å². The largest absolute Gasteiger partial charge is 0.443 e. The Bertz CT molecular complexity index is 1340. The highest BCUT2D eigenvalue weighted by Gasteiger charge is 2.29. The molecule has 1 unspecified atom stereocenters. The Morgan fingerprint density at radius 1 is 1.17 bits per heavy atom. The minimum absolute atomic E-state index is 0.129. The van der Waals surface area contributed by atoms with Gasteiger partial charge in [-0.2, -0.15) is 5.10 Å². The zero-order chi connectivity index (χ0) is 25.4. The summed E-state index contributed by atoms with van der Waals surface area (Å²) in [6, 6.07) is 11.0. The number of nitrogens with zero attached hydrogens (tertiary/aromatic N) is 4. The van der Waals surface area contributed by atoms with Crippen LogP contribution < -0.4 is 11.1 Å². The first-order valence-electron chi connectivity index (χ1n) is 11.0. The quantitative estimate of drug-likeness (QED) is 0.372. The van der Waals surface area contributed by atoms with Gasteiger partial charge in [-0.1, -0.05) is 0 Å². The smallest absolute Gasteiger partial charge is 0.269 e. The molecule has 0 bridgehead atoms. The second-order valence-electron chi connectivity index (χ2n) is 9.19. The van der Waals surface area contributed by atoms with Crippen LogP contribution in [0.25, 0.3) is 22.8 Å². The summed E-state index contributed by atoms with van der Waals surface area (Å²) in [6.45, 7) is 5.10. The van der Waals surface area contributed by atoms with E-state index in [-0.39, 0.29) is 18.1 Å². The molecular weight excluding hydrogens is 451 g/mol. The summed E-state index contributed by atoms with van der Waals surface area (Å²) in [5.74, 6) is -0.502. The molecule has 10 heteroatoms. The van der Waals surface area contributed by atoms with Gasteiger partial charge in [0.05, 0.1) is 24.1 Å². The predicted molar refractivity (Wildman–Crippen MR) is 127 cm³/mol. The van der Waals surface area contributed by atoms with Crippen LogP contribution >= 0.6 is 0 Å². The Labute approximate surface area is 201 Å². The van der Waals surface area contributed by atoms with Gasteiger partial charge in [0.2, 0.25) is 5.89 Å². The number of halogens is 1. The van der Waals surface area contributed by atoms with Gasteiger partial charge in [0.25, 0.3) is 5.91 Å². The molecule has 35 heavy (non-hydrogen) atoms. The van der Waals surface area contributed by atoms with Gasteiger partial charge in [-0.25, -0.2) is 14.4 Å². The van der Waals surface area contributed by atoms with Crippen LogP contribution in [0.1, 0.15) is 42.5 Å². The molecule has 3 heterocycles. The molecule has 0 fully saturated rings. The topological polar surface area (TPSA) is 132 Å². The highest BCUT2D eigenvalue weighted by molar-refractivity contribution is 5.93. The number of benzene rings is 1. The lowest BCUT2D eigenvalue weighted by molar-refractivity contribution is 0.0486. The average molecular weight is 479 g/mol. The number of carbonyl (C=O) groups excluding carboxylic acids is 1. The summed E-state index contributed by atoms with van der Waals surface area (Å²) in [5.41, 5.74) is 7.02. The van der Waals surface area contributed by atoms with Crippen LogP contribution in [0.2, 0.25) is 0 Å². The maximum atomic E-state index is 13.4. The van der Waals surface area contributed by atoms with E-state index in [1.807, 2.05) is 19.9 Å². The first kappa shape index (κ1) is 24.2. The third-order valence-corrected chi connectivity index (χ3v) is 5.62. The number of aliphatic hydroxyl groups is 1. The summed E-state index contributed by atoms with van der Waals surface area (Å²) in [7, 11) is 1.63. The van der Waals surface area contributed by atoms with Gasteiger partial charge in [-0.3, -0.25) is 9.48 Å². The fourth-order valence-electron chi connectivity index (χ4n) is 3.51. The molecular formula is C25H27FN6O3. The Kier molecular flexibility index (Phi) is 6.27. The highest BCUT2D eigenvalue weighted by Crippen LogP contribution is 2.29. The van der Waals surface area contributed by atoms with E-state index in [1.54, 1.807) is 38.2 Å². The van der Waals surface area contributed by atoms with Gasteiger partial charge in [0, 0.05) is 24.2 Å². The molecule has 4 N–H and O–H groups in total. The highest BCUT2D eigenvalue weighted by atomic mass is 19.1. The molecule has 182 valence electrons. The molecule has 0 aliphatic carbocycles. The van der Waals surface area contributed by atoms with Gasteiger partial charge >= 0.3 is 0 Å². The van der Waals surface area contributed by atoms with Crippen molar-refractivity contribution in [2.75, 3.05) is 6.54 Å². The van der Waals surface area contributed by atoms with E-state index in [4.69, 9.17) is 10.2 Å². The van der Waals surface area contributed by atoms with Crippen LogP contribution in [0.3, 0.4) is 0 Å². The minimum Gasteiger partial charge on any atom is -0.443 e. The second kappa shape index (κ2) is 9.05. The number of nitrogens with one attached hydrogen (secondary N) is 1. The molecule has 0 spiro atoms. The first-order chi connectivity index (χ1) is 16.4. The molecule has 0 aliphatic heterocycles. The summed E-state index contributed by atoms with van der Waals surface area (Å²) in [5, 5.41) is 18.3. The molecule has 0 aliphatic rings. The summed E-state index contributed by atoms with van der Waals surface area (Å²) in [6.07, 6.45) is 2.91. The SMILES string of the molecule is Cn1nc(-c2ncco2)cc1C(=O)NCC(C)(O)c1cc(C(C)(C)N)cc(-c2ccc(F)cc2)n1. The molecule has 9 nitrogen and oxygen atoms in total.